The second-order valence-electron chi connectivity index (χ2n) is 10.3. The first-order chi connectivity index (χ1) is 16.0. The molecule has 182 valence electrons. The van der Waals surface area contributed by atoms with Crippen molar-refractivity contribution in [3.8, 4) is 11.1 Å². The van der Waals surface area contributed by atoms with E-state index in [1.165, 1.54) is 0 Å². The van der Waals surface area contributed by atoms with Crippen molar-refractivity contribution in [3.05, 3.63) is 59.7 Å². The number of hydrogen-bond acceptors (Lipinski definition) is 4. The van der Waals surface area contributed by atoms with Gasteiger partial charge in [0.1, 0.15) is 18.7 Å². The van der Waals surface area contributed by atoms with E-state index in [1.807, 2.05) is 50.2 Å². The van der Waals surface area contributed by atoms with Gasteiger partial charge < -0.3 is 20.5 Å². The molecule has 2 aromatic rings. The first kappa shape index (κ1) is 25.3. The zero-order valence-corrected chi connectivity index (χ0v) is 20.4. The number of fused-ring (bicyclic) bond motifs is 3. The third-order valence-corrected chi connectivity index (χ3v) is 6.06. The number of hydrogen-bond donors (Lipinski definition) is 3. The number of rotatable bonds is 8. The molecule has 0 aromatic heterocycles. The van der Waals surface area contributed by atoms with Gasteiger partial charge in [0.05, 0.1) is 0 Å². The summed E-state index contributed by atoms with van der Waals surface area (Å²) < 4.78 is 5.59. The van der Waals surface area contributed by atoms with E-state index in [-0.39, 0.29) is 18.4 Å². The topological polar surface area (TPSA) is 105 Å². The van der Waals surface area contributed by atoms with Crippen molar-refractivity contribution in [3.63, 3.8) is 0 Å². The lowest BCUT2D eigenvalue weighted by atomic mass is 9.86. The summed E-state index contributed by atoms with van der Waals surface area (Å²) in [6, 6.07) is 14.1. The van der Waals surface area contributed by atoms with Crippen LogP contribution in [0.4, 0.5) is 4.79 Å². The van der Waals surface area contributed by atoms with Crippen LogP contribution in [0.2, 0.25) is 0 Å². The summed E-state index contributed by atoms with van der Waals surface area (Å²) in [5, 5.41) is 14.7. The maximum Gasteiger partial charge on any atom is 0.407 e. The standard InChI is InChI=1S/C27H34N2O5/c1-16(2)14-22(25(31)32)28-24(30)23(27(3,4)5)29-26(33)34-15-21-19-12-8-6-10-17(19)18-11-7-9-13-20(18)21/h6-13,16,21-23H,14-15H2,1-5H3,(H,28,30)(H,29,33)(H,31,32)/t22-,23+/m0/s1. The molecule has 1 aliphatic carbocycles. The van der Waals surface area contributed by atoms with Crippen molar-refractivity contribution in [2.45, 2.75) is 59.0 Å². The first-order valence-corrected chi connectivity index (χ1v) is 11.6. The molecule has 0 heterocycles. The molecule has 3 rings (SSSR count). The Balaban J connectivity index is 1.69. The van der Waals surface area contributed by atoms with E-state index >= 15 is 0 Å². The Morgan fingerprint density at radius 3 is 1.94 bits per heavy atom. The Hall–Kier alpha value is -3.35. The van der Waals surface area contributed by atoms with Crippen LogP contribution in [0.3, 0.4) is 0 Å². The van der Waals surface area contributed by atoms with Crippen molar-refractivity contribution in [2.24, 2.45) is 11.3 Å². The number of carbonyl (C=O) groups is 3. The summed E-state index contributed by atoms with van der Waals surface area (Å²) in [5.41, 5.74) is 3.79. The lowest BCUT2D eigenvalue weighted by molar-refractivity contribution is -0.143. The van der Waals surface area contributed by atoms with E-state index in [9.17, 15) is 19.5 Å². The van der Waals surface area contributed by atoms with Crippen LogP contribution in [0.1, 0.15) is 58.1 Å². The lowest BCUT2D eigenvalue weighted by Crippen LogP contribution is -2.56. The number of carbonyl (C=O) groups excluding carboxylic acids is 2. The number of amides is 2. The number of nitrogens with one attached hydrogen (secondary N) is 2. The summed E-state index contributed by atoms with van der Waals surface area (Å²) in [6.07, 6.45) is -0.421. The van der Waals surface area contributed by atoms with Gasteiger partial charge in [0.2, 0.25) is 5.91 Å². The van der Waals surface area contributed by atoms with E-state index in [4.69, 9.17) is 4.74 Å². The minimum atomic E-state index is -1.10. The molecule has 0 unspecified atom stereocenters. The Bertz CT molecular complexity index is 1010. The van der Waals surface area contributed by atoms with Gasteiger partial charge in [-0.05, 0) is 40.0 Å². The predicted molar refractivity (Wildman–Crippen MR) is 130 cm³/mol. The highest BCUT2D eigenvalue weighted by molar-refractivity contribution is 5.90. The van der Waals surface area contributed by atoms with Gasteiger partial charge >= 0.3 is 12.1 Å². The molecule has 7 heteroatoms. The van der Waals surface area contributed by atoms with Crippen molar-refractivity contribution in [1.82, 2.24) is 10.6 Å². The molecule has 0 aliphatic heterocycles. The zero-order chi connectivity index (χ0) is 25.0. The fourth-order valence-electron chi connectivity index (χ4n) is 4.38. The maximum absolute atomic E-state index is 13.0. The van der Waals surface area contributed by atoms with E-state index in [0.29, 0.717) is 6.42 Å². The van der Waals surface area contributed by atoms with Crippen LogP contribution in [-0.4, -0.2) is 41.8 Å². The number of alkyl carbamates (subject to hydrolysis) is 1. The van der Waals surface area contributed by atoms with Gasteiger partial charge in [-0.1, -0.05) is 83.1 Å². The van der Waals surface area contributed by atoms with Crippen LogP contribution in [0.15, 0.2) is 48.5 Å². The highest BCUT2D eigenvalue weighted by Gasteiger charge is 2.36. The maximum atomic E-state index is 13.0. The van der Waals surface area contributed by atoms with Crippen molar-refractivity contribution < 1.29 is 24.2 Å². The molecule has 0 spiro atoms. The smallest absolute Gasteiger partial charge is 0.407 e. The molecule has 2 atom stereocenters. The second kappa shape index (κ2) is 10.3. The number of carboxylic acid groups (broad SMARTS) is 1. The zero-order valence-electron chi connectivity index (χ0n) is 20.4. The van der Waals surface area contributed by atoms with Crippen molar-refractivity contribution in [1.29, 1.82) is 0 Å². The van der Waals surface area contributed by atoms with E-state index in [2.05, 4.69) is 22.8 Å². The van der Waals surface area contributed by atoms with Gasteiger partial charge in [0.15, 0.2) is 0 Å². The van der Waals surface area contributed by atoms with Gasteiger partial charge in [-0.2, -0.15) is 0 Å². The number of aliphatic carboxylic acids is 1. The molecule has 2 amide bonds. The van der Waals surface area contributed by atoms with Gasteiger partial charge in [0.25, 0.3) is 0 Å². The van der Waals surface area contributed by atoms with Gasteiger partial charge in [-0.25, -0.2) is 9.59 Å². The molecule has 0 saturated carbocycles. The largest absolute Gasteiger partial charge is 0.480 e. The number of ether oxygens (including phenoxy) is 1. The minimum Gasteiger partial charge on any atom is -0.480 e. The Labute approximate surface area is 200 Å². The number of benzene rings is 2. The second-order valence-corrected chi connectivity index (χ2v) is 10.3. The average molecular weight is 467 g/mol. The average Bonchev–Trinajstić information content (AvgIpc) is 3.08. The minimum absolute atomic E-state index is 0.0876. The molecule has 2 aromatic carbocycles. The molecule has 0 bridgehead atoms. The van der Waals surface area contributed by atoms with Crippen LogP contribution >= 0.6 is 0 Å². The Morgan fingerprint density at radius 2 is 1.47 bits per heavy atom. The predicted octanol–water partition coefficient (Wildman–Crippen LogP) is 4.56. The fraction of sp³-hybridized carbons (Fsp3) is 0.444. The van der Waals surface area contributed by atoms with E-state index in [1.54, 1.807) is 20.8 Å². The Kier molecular flexibility index (Phi) is 7.64. The summed E-state index contributed by atoms with van der Waals surface area (Å²) >= 11 is 0. The highest BCUT2D eigenvalue weighted by Crippen LogP contribution is 2.44. The van der Waals surface area contributed by atoms with Gasteiger partial charge in [-0.15, -0.1) is 0 Å². The summed E-state index contributed by atoms with van der Waals surface area (Å²) in [6.45, 7) is 9.32. The van der Waals surface area contributed by atoms with Crippen LogP contribution in [-0.2, 0) is 14.3 Å². The molecule has 7 nitrogen and oxygen atoms in total. The monoisotopic (exact) mass is 466 g/mol. The van der Waals surface area contributed by atoms with E-state index < -0.39 is 35.5 Å². The molecular weight excluding hydrogens is 432 g/mol. The molecule has 0 saturated heterocycles. The molecule has 0 fully saturated rings. The van der Waals surface area contributed by atoms with Gasteiger partial charge in [0, 0.05) is 5.92 Å². The van der Waals surface area contributed by atoms with Gasteiger partial charge in [-0.3, -0.25) is 4.79 Å². The third kappa shape index (κ3) is 5.76. The van der Waals surface area contributed by atoms with Crippen LogP contribution < -0.4 is 10.6 Å². The number of carboxylic acids is 1. The normalized spacial score (nSPS) is 14.6. The summed E-state index contributed by atoms with van der Waals surface area (Å²) in [7, 11) is 0. The van der Waals surface area contributed by atoms with Crippen LogP contribution in [0.5, 0.6) is 0 Å². The molecule has 34 heavy (non-hydrogen) atoms. The summed E-state index contributed by atoms with van der Waals surface area (Å²) in [4.78, 5) is 37.3. The lowest BCUT2D eigenvalue weighted by Gasteiger charge is -2.31. The third-order valence-electron chi connectivity index (χ3n) is 6.06. The molecule has 0 radical (unpaired) electrons. The SMILES string of the molecule is CC(C)C[C@H](NC(=O)[C@@H](NC(=O)OCC1c2ccccc2-c2ccccc21)C(C)(C)C)C(=O)O. The Morgan fingerprint density at radius 1 is 0.941 bits per heavy atom. The fourth-order valence-corrected chi connectivity index (χ4v) is 4.38. The quantitative estimate of drug-likeness (QED) is 0.529. The molecule has 1 aliphatic rings. The van der Waals surface area contributed by atoms with Crippen molar-refractivity contribution >= 4 is 18.0 Å². The van der Waals surface area contributed by atoms with Crippen LogP contribution in [0.25, 0.3) is 11.1 Å². The summed E-state index contributed by atoms with van der Waals surface area (Å²) in [5.74, 6) is -1.66. The first-order valence-electron chi connectivity index (χ1n) is 11.6. The molecule has 3 N–H and O–H groups in total. The highest BCUT2D eigenvalue weighted by atomic mass is 16.5. The molecular formula is C27H34N2O5. The van der Waals surface area contributed by atoms with E-state index in [0.717, 1.165) is 22.3 Å². The van der Waals surface area contributed by atoms with Crippen molar-refractivity contribution in [2.75, 3.05) is 6.61 Å². The van der Waals surface area contributed by atoms with Crippen LogP contribution in [0, 0.1) is 11.3 Å².